The maximum atomic E-state index is 13.1. The van der Waals surface area contributed by atoms with Gasteiger partial charge in [-0.05, 0) is 43.4 Å². The summed E-state index contributed by atoms with van der Waals surface area (Å²) in [6, 6.07) is 7.60. The SMILES string of the molecule is COc1ccc(CC(C(N)=O)[C@H](CC2CCCC2)C(=O)[C@@]2(C)CO2)cc1. The van der Waals surface area contributed by atoms with Gasteiger partial charge in [0.15, 0.2) is 5.78 Å². The van der Waals surface area contributed by atoms with Crippen molar-refractivity contribution in [1.29, 1.82) is 0 Å². The van der Waals surface area contributed by atoms with Crippen molar-refractivity contribution in [3.8, 4) is 5.75 Å². The number of Topliss-reactive ketones (excluding diaryl/α,β-unsaturated/α-hetero) is 1. The van der Waals surface area contributed by atoms with Gasteiger partial charge < -0.3 is 15.2 Å². The van der Waals surface area contributed by atoms with Crippen LogP contribution in [0.25, 0.3) is 0 Å². The molecule has 1 aliphatic heterocycles. The molecular weight excluding hydrogens is 330 g/mol. The van der Waals surface area contributed by atoms with Gasteiger partial charge >= 0.3 is 0 Å². The second kappa shape index (κ2) is 7.78. The minimum Gasteiger partial charge on any atom is -0.497 e. The molecule has 1 heterocycles. The summed E-state index contributed by atoms with van der Waals surface area (Å²) in [7, 11) is 1.62. The fourth-order valence-electron chi connectivity index (χ4n) is 4.16. The summed E-state index contributed by atoms with van der Waals surface area (Å²) >= 11 is 0. The number of benzene rings is 1. The van der Waals surface area contributed by atoms with Crippen LogP contribution >= 0.6 is 0 Å². The number of rotatable bonds is 9. The van der Waals surface area contributed by atoms with E-state index >= 15 is 0 Å². The van der Waals surface area contributed by atoms with Gasteiger partial charge in [0.05, 0.1) is 19.6 Å². The summed E-state index contributed by atoms with van der Waals surface area (Å²) in [6.07, 6.45) is 5.89. The lowest BCUT2D eigenvalue weighted by Gasteiger charge is -2.27. The van der Waals surface area contributed by atoms with Crippen molar-refractivity contribution in [3.05, 3.63) is 29.8 Å². The van der Waals surface area contributed by atoms with Crippen LogP contribution in [-0.4, -0.2) is 31.0 Å². The van der Waals surface area contributed by atoms with Crippen LogP contribution in [0.1, 0.15) is 44.6 Å². The molecule has 142 valence electrons. The van der Waals surface area contributed by atoms with Crippen LogP contribution in [0.2, 0.25) is 0 Å². The van der Waals surface area contributed by atoms with Crippen molar-refractivity contribution in [1.82, 2.24) is 0 Å². The standard InChI is InChI=1S/C21H29NO4/c1-21(13-26-21)19(23)17(11-14-5-3-4-6-14)18(20(22)24)12-15-7-9-16(25-2)10-8-15/h7-10,14,17-18H,3-6,11-13H2,1-2H3,(H2,22,24)/t17-,18?,21+/m0/s1. The van der Waals surface area contributed by atoms with Crippen molar-refractivity contribution >= 4 is 11.7 Å². The van der Waals surface area contributed by atoms with E-state index in [2.05, 4.69) is 0 Å². The third-order valence-electron chi connectivity index (χ3n) is 5.96. The molecule has 1 aromatic rings. The third-order valence-corrected chi connectivity index (χ3v) is 5.96. The van der Waals surface area contributed by atoms with Gasteiger partial charge in [0.2, 0.25) is 5.91 Å². The predicted molar refractivity (Wildman–Crippen MR) is 98.8 cm³/mol. The Kier molecular flexibility index (Phi) is 5.66. The summed E-state index contributed by atoms with van der Waals surface area (Å²) < 4.78 is 10.6. The van der Waals surface area contributed by atoms with E-state index in [1.807, 2.05) is 31.2 Å². The van der Waals surface area contributed by atoms with Crippen molar-refractivity contribution in [2.45, 2.75) is 51.0 Å². The summed E-state index contributed by atoms with van der Waals surface area (Å²) in [5.74, 6) is 0.0386. The highest BCUT2D eigenvalue weighted by Crippen LogP contribution is 2.39. The van der Waals surface area contributed by atoms with Crippen molar-refractivity contribution in [2.24, 2.45) is 23.5 Å². The second-order valence-corrected chi connectivity index (χ2v) is 7.94. The highest BCUT2D eigenvalue weighted by Gasteiger charge is 2.52. The van der Waals surface area contributed by atoms with Crippen LogP contribution in [0.15, 0.2) is 24.3 Å². The fraction of sp³-hybridized carbons (Fsp3) is 0.619. The summed E-state index contributed by atoms with van der Waals surface area (Å²) in [5.41, 5.74) is 6.02. The Bertz CT molecular complexity index is 644. The number of hydrogen-bond acceptors (Lipinski definition) is 4. The van der Waals surface area contributed by atoms with Gasteiger partial charge in [-0.2, -0.15) is 0 Å². The molecule has 3 atom stereocenters. The van der Waals surface area contributed by atoms with E-state index in [1.54, 1.807) is 7.11 Å². The van der Waals surface area contributed by atoms with E-state index in [-0.39, 0.29) is 11.7 Å². The average Bonchev–Trinajstić information content (AvgIpc) is 3.18. The molecule has 1 amide bonds. The molecule has 26 heavy (non-hydrogen) atoms. The number of carbonyl (C=O) groups excluding carboxylic acids is 2. The number of ether oxygens (including phenoxy) is 2. The van der Waals surface area contributed by atoms with Gasteiger partial charge in [0.25, 0.3) is 0 Å². The quantitative estimate of drug-likeness (QED) is 0.687. The fourth-order valence-corrected chi connectivity index (χ4v) is 4.16. The second-order valence-electron chi connectivity index (χ2n) is 7.94. The number of methoxy groups -OCH3 is 1. The van der Waals surface area contributed by atoms with Gasteiger partial charge in [-0.3, -0.25) is 9.59 Å². The first kappa shape index (κ1) is 18.9. The molecule has 5 heteroatoms. The molecule has 1 aliphatic carbocycles. The Morgan fingerprint density at radius 3 is 2.35 bits per heavy atom. The number of nitrogens with two attached hydrogens (primary N) is 1. The molecule has 1 aromatic carbocycles. The van der Waals surface area contributed by atoms with Gasteiger partial charge in [-0.25, -0.2) is 0 Å². The van der Waals surface area contributed by atoms with Gasteiger partial charge in [0, 0.05) is 5.92 Å². The van der Waals surface area contributed by atoms with Crippen LogP contribution < -0.4 is 10.5 Å². The molecule has 5 nitrogen and oxygen atoms in total. The van der Waals surface area contributed by atoms with E-state index in [0.717, 1.165) is 30.6 Å². The molecule has 2 N–H and O–H groups in total. The van der Waals surface area contributed by atoms with Gasteiger partial charge in [0.1, 0.15) is 11.4 Å². The zero-order valence-corrected chi connectivity index (χ0v) is 15.7. The van der Waals surface area contributed by atoms with Crippen molar-refractivity contribution in [2.75, 3.05) is 13.7 Å². The van der Waals surface area contributed by atoms with E-state index in [9.17, 15) is 9.59 Å². The maximum absolute atomic E-state index is 13.1. The van der Waals surface area contributed by atoms with E-state index < -0.39 is 17.4 Å². The number of hydrogen-bond donors (Lipinski definition) is 1. The number of carbonyl (C=O) groups is 2. The normalized spacial score (nSPS) is 24.8. The smallest absolute Gasteiger partial charge is 0.221 e. The Hall–Kier alpha value is -1.88. The lowest BCUT2D eigenvalue weighted by Crippen LogP contribution is -2.41. The highest BCUT2D eigenvalue weighted by atomic mass is 16.6. The maximum Gasteiger partial charge on any atom is 0.221 e. The summed E-state index contributed by atoms with van der Waals surface area (Å²) in [4.78, 5) is 25.4. The molecule has 0 spiro atoms. The van der Waals surface area contributed by atoms with Crippen LogP contribution in [0, 0.1) is 17.8 Å². The molecule has 2 fully saturated rings. The molecule has 0 radical (unpaired) electrons. The topological polar surface area (TPSA) is 81.9 Å². The van der Waals surface area contributed by atoms with E-state index in [0.29, 0.717) is 18.9 Å². The zero-order chi connectivity index (χ0) is 18.7. The number of epoxide rings is 1. The van der Waals surface area contributed by atoms with E-state index in [4.69, 9.17) is 15.2 Å². The lowest BCUT2D eigenvalue weighted by molar-refractivity contribution is -0.135. The van der Waals surface area contributed by atoms with Gasteiger partial charge in [-0.1, -0.05) is 37.8 Å². The largest absolute Gasteiger partial charge is 0.497 e. The van der Waals surface area contributed by atoms with Crippen molar-refractivity contribution in [3.63, 3.8) is 0 Å². The van der Waals surface area contributed by atoms with Gasteiger partial charge in [-0.15, -0.1) is 0 Å². The first-order valence-electron chi connectivity index (χ1n) is 9.53. The lowest BCUT2D eigenvalue weighted by atomic mass is 9.75. The molecule has 1 unspecified atom stereocenters. The monoisotopic (exact) mass is 359 g/mol. The van der Waals surface area contributed by atoms with Crippen LogP contribution in [0.5, 0.6) is 5.75 Å². The number of amides is 1. The first-order valence-corrected chi connectivity index (χ1v) is 9.53. The molecular formula is C21H29NO4. The number of ketones is 1. The highest BCUT2D eigenvalue weighted by molar-refractivity contribution is 5.95. The Balaban J connectivity index is 1.80. The Morgan fingerprint density at radius 1 is 1.23 bits per heavy atom. The molecule has 1 saturated carbocycles. The minimum atomic E-state index is -0.725. The third kappa shape index (κ3) is 4.26. The summed E-state index contributed by atoms with van der Waals surface area (Å²) in [5, 5.41) is 0. The first-order chi connectivity index (χ1) is 12.4. The summed E-state index contributed by atoms with van der Waals surface area (Å²) in [6.45, 7) is 2.27. The predicted octanol–water partition coefficient (Wildman–Crippen LogP) is 2.89. The average molecular weight is 359 g/mol. The molecule has 1 saturated heterocycles. The van der Waals surface area contributed by atoms with Crippen LogP contribution in [0.4, 0.5) is 0 Å². The Labute approximate surface area is 155 Å². The Morgan fingerprint density at radius 2 is 1.85 bits per heavy atom. The molecule has 2 aliphatic rings. The molecule has 0 bridgehead atoms. The van der Waals surface area contributed by atoms with Crippen LogP contribution in [-0.2, 0) is 20.7 Å². The van der Waals surface area contributed by atoms with Crippen molar-refractivity contribution < 1.29 is 19.1 Å². The molecule has 0 aromatic heterocycles. The van der Waals surface area contributed by atoms with E-state index in [1.165, 1.54) is 12.8 Å². The van der Waals surface area contributed by atoms with Crippen LogP contribution in [0.3, 0.4) is 0 Å². The zero-order valence-electron chi connectivity index (χ0n) is 15.7. The number of primary amides is 1. The minimum absolute atomic E-state index is 0.0433. The molecule has 3 rings (SSSR count).